The number of carbonyl (C=O) groups excluding carboxylic acids is 1. The van der Waals surface area contributed by atoms with Gasteiger partial charge >= 0.3 is 6.03 Å². The van der Waals surface area contributed by atoms with Crippen LogP contribution in [0.4, 0.5) is 4.79 Å². The van der Waals surface area contributed by atoms with Gasteiger partial charge in [0.1, 0.15) is 0 Å². The Morgan fingerprint density at radius 3 is 2.75 bits per heavy atom. The first-order valence-corrected chi connectivity index (χ1v) is 8.73. The van der Waals surface area contributed by atoms with Crippen molar-refractivity contribution in [1.82, 2.24) is 10.2 Å². The third kappa shape index (κ3) is 4.71. The normalized spacial score (nSPS) is 20.3. The molecular weight excluding hydrogens is 304 g/mol. The molecule has 1 saturated heterocycles. The Bertz CT molecular complexity index is 519. The van der Waals surface area contributed by atoms with Crippen LogP contribution >= 0.6 is 0 Å². The minimum atomic E-state index is -0.317. The van der Waals surface area contributed by atoms with E-state index in [-0.39, 0.29) is 30.0 Å². The van der Waals surface area contributed by atoms with Crippen molar-refractivity contribution in [2.45, 2.75) is 39.2 Å². The summed E-state index contributed by atoms with van der Waals surface area (Å²) in [6.07, 6.45) is 0.859. The quantitative estimate of drug-likeness (QED) is 0.870. The number of amides is 2. The summed E-state index contributed by atoms with van der Waals surface area (Å²) in [5.41, 5.74) is 0.811. The molecule has 1 aliphatic heterocycles. The second-order valence-corrected chi connectivity index (χ2v) is 7.24. The predicted octanol–water partition coefficient (Wildman–Crippen LogP) is 2.61. The summed E-state index contributed by atoms with van der Waals surface area (Å²) in [5.74, 6) is 0.0474. The first-order chi connectivity index (χ1) is 11.5. The predicted molar refractivity (Wildman–Crippen MR) is 95.1 cm³/mol. The molecule has 0 aromatic heterocycles. The summed E-state index contributed by atoms with van der Waals surface area (Å²) in [4.78, 5) is 14.5. The van der Waals surface area contributed by atoms with Gasteiger partial charge in [0.2, 0.25) is 0 Å². The first-order valence-electron chi connectivity index (χ1n) is 8.73. The smallest absolute Gasteiger partial charge is 0.317 e. The van der Waals surface area contributed by atoms with Gasteiger partial charge in [-0.2, -0.15) is 0 Å². The molecule has 2 atom stereocenters. The third-order valence-electron chi connectivity index (χ3n) is 4.96. The Morgan fingerprint density at radius 1 is 1.38 bits per heavy atom. The Hall–Kier alpha value is -1.59. The molecule has 2 unspecified atom stereocenters. The summed E-state index contributed by atoms with van der Waals surface area (Å²) in [7, 11) is 0. The van der Waals surface area contributed by atoms with Crippen LogP contribution in [0.15, 0.2) is 30.3 Å². The summed E-state index contributed by atoms with van der Waals surface area (Å²) < 4.78 is 5.46. The number of aliphatic hydroxyl groups is 1. The van der Waals surface area contributed by atoms with Crippen LogP contribution in [0.25, 0.3) is 0 Å². The second-order valence-electron chi connectivity index (χ2n) is 7.24. The zero-order chi connectivity index (χ0) is 17.6. The molecule has 0 spiro atoms. The maximum Gasteiger partial charge on any atom is 0.317 e. The third-order valence-corrected chi connectivity index (χ3v) is 4.96. The van der Waals surface area contributed by atoms with Gasteiger partial charge in [-0.3, -0.25) is 0 Å². The van der Waals surface area contributed by atoms with E-state index in [0.717, 1.165) is 12.0 Å². The summed E-state index contributed by atoms with van der Waals surface area (Å²) >= 11 is 0. The number of rotatable bonds is 5. The van der Waals surface area contributed by atoms with Crippen LogP contribution in [-0.4, -0.2) is 55.0 Å². The molecule has 0 bridgehead atoms. The van der Waals surface area contributed by atoms with Crippen molar-refractivity contribution in [1.29, 1.82) is 0 Å². The lowest BCUT2D eigenvalue weighted by Crippen LogP contribution is -2.47. The second kappa shape index (κ2) is 8.49. The highest BCUT2D eigenvalue weighted by Crippen LogP contribution is 2.34. The maximum atomic E-state index is 12.6. The van der Waals surface area contributed by atoms with Crippen molar-refractivity contribution >= 4 is 6.03 Å². The number of nitrogens with one attached hydrogen (secondary N) is 1. The number of nitrogens with zero attached hydrogens (tertiary/aromatic N) is 1. The zero-order valence-corrected chi connectivity index (χ0v) is 15.0. The largest absolute Gasteiger partial charge is 0.396 e. The fourth-order valence-electron chi connectivity index (χ4n) is 3.13. The number of hydrogen-bond acceptors (Lipinski definition) is 3. The Morgan fingerprint density at radius 2 is 2.08 bits per heavy atom. The van der Waals surface area contributed by atoms with E-state index < -0.39 is 0 Å². The Labute approximate surface area is 145 Å². The highest BCUT2D eigenvalue weighted by atomic mass is 16.5. The van der Waals surface area contributed by atoms with Gasteiger partial charge in [-0.1, -0.05) is 44.2 Å². The van der Waals surface area contributed by atoms with Gasteiger partial charge in [-0.15, -0.1) is 0 Å². The van der Waals surface area contributed by atoms with Gasteiger partial charge in [0, 0.05) is 38.3 Å². The van der Waals surface area contributed by atoms with Gasteiger partial charge in [0.05, 0.1) is 6.61 Å². The number of carbonyl (C=O) groups is 1. The van der Waals surface area contributed by atoms with E-state index in [1.165, 1.54) is 0 Å². The van der Waals surface area contributed by atoms with Gasteiger partial charge in [0.15, 0.2) is 0 Å². The molecule has 1 aliphatic rings. The molecule has 0 saturated carbocycles. The Balaban J connectivity index is 2.06. The molecule has 0 aliphatic carbocycles. The lowest BCUT2D eigenvalue weighted by atomic mass is 9.75. The van der Waals surface area contributed by atoms with E-state index in [4.69, 9.17) is 4.74 Å². The fourth-order valence-corrected chi connectivity index (χ4v) is 3.13. The van der Waals surface area contributed by atoms with Gasteiger partial charge < -0.3 is 20.1 Å². The van der Waals surface area contributed by atoms with E-state index in [0.29, 0.717) is 26.3 Å². The SMILES string of the molecule is CC1CCOCCN1C(=O)NCC(c1ccccc1)C(C)(C)CO. The molecule has 5 nitrogen and oxygen atoms in total. The molecule has 1 fully saturated rings. The molecule has 1 heterocycles. The van der Waals surface area contributed by atoms with Crippen molar-refractivity contribution in [3.05, 3.63) is 35.9 Å². The van der Waals surface area contributed by atoms with Crippen LogP contribution in [0.2, 0.25) is 0 Å². The average molecular weight is 334 g/mol. The van der Waals surface area contributed by atoms with Crippen LogP contribution < -0.4 is 5.32 Å². The van der Waals surface area contributed by atoms with Crippen LogP contribution in [0.3, 0.4) is 0 Å². The minimum absolute atomic E-state index is 0.0474. The highest BCUT2D eigenvalue weighted by molar-refractivity contribution is 5.74. The molecule has 134 valence electrons. The van der Waals surface area contributed by atoms with Gasteiger partial charge in [-0.25, -0.2) is 4.79 Å². The summed E-state index contributed by atoms with van der Waals surface area (Å²) in [6, 6.07) is 10.2. The van der Waals surface area contributed by atoms with Crippen molar-refractivity contribution in [3.63, 3.8) is 0 Å². The standard InChI is InChI=1S/C19H30N2O3/c1-15-9-11-24-12-10-21(15)18(23)20-13-17(19(2,3)14-22)16-7-5-4-6-8-16/h4-8,15,17,22H,9-14H2,1-3H3,(H,20,23). The fraction of sp³-hybridized carbons (Fsp3) is 0.632. The topological polar surface area (TPSA) is 61.8 Å². The average Bonchev–Trinajstić information content (AvgIpc) is 2.80. The summed E-state index contributed by atoms with van der Waals surface area (Å²) in [6.45, 7) is 8.58. The lowest BCUT2D eigenvalue weighted by molar-refractivity contribution is 0.125. The molecular formula is C19H30N2O3. The molecule has 5 heteroatoms. The van der Waals surface area contributed by atoms with E-state index >= 15 is 0 Å². The number of ether oxygens (including phenoxy) is 1. The number of urea groups is 1. The Kier molecular flexibility index (Phi) is 6.63. The van der Waals surface area contributed by atoms with Crippen molar-refractivity contribution in [3.8, 4) is 0 Å². The van der Waals surface area contributed by atoms with Crippen LogP contribution in [0.1, 0.15) is 38.7 Å². The van der Waals surface area contributed by atoms with E-state index in [2.05, 4.69) is 24.4 Å². The van der Waals surface area contributed by atoms with Crippen molar-refractivity contribution in [2.75, 3.05) is 32.9 Å². The van der Waals surface area contributed by atoms with Crippen LogP contribution in [-0.2, 0) is 4.74 Å². The molecule has 2 amide bonds. The van der Waals surface area contributed by atoms with Gasteiger partial charge in [-0.05, 0) is 24.3 Å². The molecule has 2 N–H and O–H groups in total. The number of aliphatic hydroxyl groups excluding tert-OH is 1. The molecule has 1 aromatic rings. The minimum Gasteiger partial charge on any atom is -0.396 e. The van der Waals surface area contributed by atoms with E-state index in [1.807, 2.05) is 36.9 Å². The zero-order valence-electron chi connectivity index (χ0n) is 15.0. The number of hydrogen-bond donors (Lipinski definition) is 2. The van der Waals surface area contributed by atoms with E-state index in [1.54, 1.807) is 0 Å². The van der Waals surface area contributed by atoms with Crippen LogP contribution in [0.5, 0.6) is 0 Å². The van der Waals surface area contributed by atoms with Crippen molar-refractivity contribution < 1.29 is 14.6 Å². The number of benzene rings is 1. The van der Waals surface area contributed by atoms with Crippen molar-refractivity contribution in [2.24, 2.45) is 5.41 Å². The van der Waals surface area contributed by atoms with Gasteiger partial charge in [0.25, 0.3) is 0 Å². The molecule has 0 radical (unpaired) electrons. The van der Waals surface area contributed by atoms with Crippen LogP contribution in [0, 0.1) is 5.41 Å². The summed E-state index contributed by atoms with van der Waals surface area (Å²) in [5, 5.41) is 12.8. The molecule has 24 heavy (non-hydrogen) atoms. The highest BCUT2D eigenvalue weighted by Gasteiger charge is 2.31. The first kappa shape index (κ1) is 18.7. The molecule has 1 aromatic carbocycles. The van der Waals surface area contributed by atoms with E-state index in [9.17, 15) is 9.90 Å². The monoisotopic (exact) mass is 334 g/mol. The maximum absolute atomic E-state index is 12.6. The molecule has 2 rings (SSSR count). The lowest BCUT2D eigenvalue weighted by Gasteiger charge is -2.34.